The van der Waals surface area contributed by atoms with E-state index in [-0.39, 0.29) is 19.0 Å². The molecule has 0 N–H and O–H groups in total. The SMILES string of the molecule is COC(=O)CCCOC(F)N1CCCC1. The van der Waals surface area contributed by atoms with Gasteiger partial charge < -0.3 is 9.47 Å². The molecule has 0 bridgehead atoms. The molecular formula is C10H18FNO3. The lowest BCUT2D eigenvalue weighted by atomic mass is 10.3. The van der Waals surface area contributed by atoms with Gasteiger partial charge in [0.1, 0.15) is 0 Å². The molecule has 5 heteroatoms. The summed E-state index contributed by atoms with van der Waals surface area (Å²) >= 11 is 0. The quantitative estimate of drug-likeness (QED) is 0.383. The second-order valence-electron chi connectivity index (χ2n) is 3.59. The third-order valence-electron chi connectivity index (χ3n) is 2.44. The average molecular weight is 219 g/mol. The van der Waals surface area contributed by atoms with Gasteiger partial charge in [-0.05, 0) is 19.3 Å². The van der Waals surface area contributed by atoms with Gasteiger partial charge in [-0.1, -0.05) is 0 Å². The molecule has 4 nitrogen and oxygen atoms in total. The Labute approximate surface area is 89.3 Å². The van der Waals surface area contributed by atoms with Crippen molar-refractivity contribution in [1.29, 1.82) is 0 Å². The van der Waals surface area contributed by atoms with Crippen molar-refractivity contribution in [1.82, 2.24) is 4.90 Å². The van der Waals surface area contributed by atoms with Gasteiger partial charge in [0.25, 0.3) is 6.48 Å². The van der Waals surface area contributed by atoms with Crippen molar-refractivity contribution in [2.24, 2.45) is 0 Å². The molecule has 1 aliphatic rings. The number of hydrogen-bond donors (Lipinski definition) is 0. The number of methoxy groups -OCH3 is 1. The van der Waals surface area contributed by atoms with E-state index in [1.165, 1.54) is 7.11 Å². The summed E-state index contributed by atoms with van der Waals surface area (Å²) in [5, 5.41) is 0. The molecule has 1 heterocycles. The van der Waals surface area contributed by atoms with E-state index in [2.05, 4.69) is 4.74 Å². The number of halogens is 1. The summed E-state index contributed by atoms with van der Waals surface area (Å²) < 4.78 is 22.7. The highest BCUT2D eigenvalue weighted by molar-refractivity contribution is 5.68. The fraction of sp³-hybridized carbons (Fsp3) is 0.900. The number of carbonyl (C=O) groups is 1. The minimum absolute atomic E-state index is 0.257. The van der Waals surface area contributed by atoms with Gasteiger partial charge in [-0.25, -0.2) is 0 Å². The van der Waals surface area contributed by atoms with Crippen molar-refractivity contribution in [3.8, 4) is 0 Å². The van der Waals surface area contributed by atoms with Crippen molar-refractivity contribution >= 4 is 5.97 Å². The van der Waals surface area contributed by atoms with Crippen molar-refractivity contribution in [3.05, 3.63) is 0 Å². The Balaban J connectivity index is 2.01. The fourth-order valence-electron chi connectivity index (χ4n) is 1.55. The van der Waals surface area contributed by atoms with Crippen LogP contribution in [0.1, 0.15) is 25.7 Å². The second kappa shape index (κ2) is 6.74. The first kappa shape index (κ1) is 12.4. The first-order chi connectivity index (χ1) is 7.24. The van der Waals surface area contributed by atoms with Crippen LogP contribution in [0.15, 0.2) is 0 Å². The predicted octanol–water partition coefficient (Wildman–Crippen LogP) is 1.31. The summed E-state index contributed by atoms with van der Waals surface area (Å²) in [7, 11) is 1.34. The highest BCUT2D eigenvalue weighted by Gasteiger charge is 2.21. The zero-order chi connectivity index (χ0) is 11.1. The molecule has 0 aliphatic carbocycles. The molecule has 1 saturated heterocycles. The Kier molecular flexibility index (Phi) is 5.57. The Hall–Kier alpha value is -0.680. The summed E-state index contributed by atoms with van der Waals surface area (Å²) in [4.78, 5) is 12.4. The number of rotatable bonds is 6. The van der Waals surface area contributed by atoms with Crippen LogP contribution < -0.4 is 0 Å². The molecule has 1 unspecified atom stereocenters. The molecule has 0 radical (unpaired) electrons. The van der Waals surface area contributed by atoms with Gasteiger partial charge in [-0.2, -0.15) is 4.39 Å². The summed E-state index contributed by atoms with van der Waals surface area (Å²) in [5.41, 5.74) is 0. The molecule has 15 heavy (non-hydrogen) atoms. The minimum Gasteiger partial charge on any atom is -0.469 e. The standard InChI is InChI=1S/C10H18FNO3/c1-14-9(13)5-4-8-15-10(11)12-6-2-3-7-12/h10H,2-8H2,1H3. The van der Waals surface area contributed by atoms with Crippen LogP contribution in [0.25, 0.3) is 0 Å². The molecule has 1 fully saturated rings. The maximum Gasteiger partial charge on any atom is 0.305 e. The number of likely N-dealkylation sites (tertiary alicyclic amines) is 1. The smallest absolute Gasteiger partial charge is 0.305 e. The second-order valence-corrected chi connectivity index (χ2v) is 3.59. The molecule has 1 rings (SSSR count). The number of ether oxygens (including phenoxy) is 2. The van der Waals surface area contributed by atoms with Gasteiger partial charge in [-0.15, -0.1) is 0 Å². The zero-order valence-corrected chi connectivity index (χ0v) is 9.08. The topological polar surface area (TPSA) is 38.8 Å². The van der Waals surface area contributed by atoms with Crippen LogP contribution in [0, 0.1) is 0 Å². The van der Waals surface area contributed by atoms with Crippen LogP contribution in [0.2, 0.25) is 0 Å². The van der Waals surface area contributed by atoms with Crippen molar-refractivity contribution in [2.45, 2.75) is 32.2 Å². The molecular weight excluding hydrogens is 201 g/mol. The fourth-order valence-corrected chi connectivity index (χ4v) is 1.55. The lowest BCUT2D eigenvalue weighted by molar-refractivity contribution is -0.146. The van der Waals surface area contributed by atoms with Gasteiger partial charge in [0.15, 0.2) is 0 Å². The van der Waals surface area contributed by atoms with Crippen LogP contribution in [-0.2, 0) is 14.3 Å². The summed E-state index contributed by atoms with van der Waals surface area (Å²) in [6.07, 6.45) is 2.85. The largest absolute Gasteiger partial charge is 0.469 e. The number of nitrogens with zero attached hydrogens (tertiary/aromatic N) is 1. The van der Waals surface area contributed by atoms with Gasteiger partial charge in [0.2, 0.25) is 0 Å². The highest BCUT2D eigenvalue weighted by Crippen LogP contribution is 2.13. The molecule has 1 atom stereocenters. The van der Waals surface area contributed by atoms with E-state index < -0.39 is 6.48 Å². The van der Waals surface area contributed by atoms with E-state index in [9.17, 15) is 9.18 Å². The normalized spacial score (nSPS) is 19.1. The van der Waals surface area contributed by atoms with Crippen molar-refractivity contribution < 1.29 is 18.7 Å². The van der Waals surface area contributed by atoms with Gasteiger partial charge >= 0.3 is 5.97 Å². The van der Waals surface area contributed by atoms with E-state index in [0.717, 1.165) is 25.9 Å². The number of esters is 1. The summed E-state index contributed by atoms with van der Waals surface area (Å²) in [6, 6.07) is 0. The van der Waals surface area contributed by atoms with E-state index in [1.54, 1.807) is 4.90 Å². The maximum atomic E-state index is 13.3. The molecule has 0 aromatic rings. The van der Waals surface area contributed by atoms with Crippen LogP contribution in [0.3, 0.4) is 0 Å². The summed E-state index contributed by atoms with van der Waals surface area (Å²) in [5.74, 6) is -0.282. The van der Waals surface area contributed by atoms with E-state index in [0.29, 0.717) is 6.42 Å². The van der Waals surface area contributed by atoms with E-state index in [4.69, 9.17) is 4.74 Å². The van der Waals surface area contributed by atoms with E-state index >= 15 is 0 Å². The Morgan fingerprint density at radius 3 is 2.73 bits per heavy atom. The first-order valence-electron chi connectivity index (χ1n) is 5.30. The van der Waals surface area contributed by atoms with Crippen LogP contribution >= 0.6 is 0 Å². The third-order valence-corrected chi connectivity index (χ3v) is 2.44. The molecule has 0 saturated carbocycles. The van der Waals surface area contributed by atoms with Gasteiger partial charge in [-0.3, -0.25) is 9.69 Å². The monoisotopic (exact) mass is 219 g/mol. The van der Waals surface area contributed by atoms with Gasteiger partial charge in [0.05, 0.1) is 13.7 Å². The van der Waals surface area contributed by atoms with Gasteiger partial charge in [0, 0.05) is 19.5 Å². The minimum atomic E-state index is -1.31. The molecule has 0 aromatic heterocycles. The zero-order valence-electron chi connectivity index (χ0n) is 9.08. The predicted molar refractivity (Wildman–Crippen MR) is 52.9 cm³/mol. The molecule has 0 aromatic carbocycles. The number of hydrogen-bond acceptors (Lipinski definition) is 4. The number of carbonyl (C=O) groups excluding carboxylic acids is 1. The van der Waals surface area contributed by atoms with E-state index in [1.807, 2.05) is 0 Å². The third kappa shape index (κ3) is 4.57. The number of alkyl halides is 1. The Morgan fingerprint density at radius 1 is 1.47 bits per heavy atom. The average Bonchev–Trinajstić information content (AvgIpc) is 2.77. The Morgan fingerprint density at radius 2 is 2.13 bits per heavy atom. The van der Waals surface area contributed by atoms with Crippen LogP contribution in [0.4, 0.5) is 4.39 Å². The van der Waals surface area contributed by atoms with Crippen molar-refractivity contribution in [2.75, 3.05) is 26.8 Å². The molecule has 0 spiro atoms. The summed E-state index contributed by atoms with van der Waals surface area (Å²) in [6.45, 7) is 0.466. The lowest BCUT2D eigenvalue weighted by Gasteiger charge is -2.19. The molecule has 1 aliphatic heterocycles. The van der Waals surface area contributed by atoms with Crippen LogP contribution in [0.5, 0.6) is 0 Å². The lowest BCUT2D eigenvalue weighted by Crippen LogP contribution is -2.31. The first-order valence-corrected chi connectivity index (χ1v) is 5.30. The maximum absolute atomic E-state index is 13.3. The van der Waals surface area contributed by atoms with Crippen molar-refractivity contribution in [3.63, 3.8) is 0 Å². The molecule has 88 valence electrons. The van der Waals surface area contributed by atoms with Crippen LogP contribution in [-0.4, -0.2) is 44.2 Å². The Bertz CT molecular complexity index is 195. The molecule has 0 amide bonds. The highest BCUT2D eigenvalue weighted by atomic mass is 19.1.